The average molecular weight is 473 g/mol. The van der Waals surface area contributed by atoms with Gasteiger partial charge in [-0.2, -0.15) is 0 Å². The number of phenolic OH excluding ortho intramolecular Hbond substituents is 1. The van der Waals surface area contributed by atoms with Gasteiger partial charge < -0.3 is 33.2 Å². The number of hydrogen-bond donors (Lipinski definition) is 1. The van der Waals surface area contributed by atoms with E-state index >= 15 is 0 Å². The van der Waals surface area contributed by atoms with E-state index in [2.05, 4.69) is 0 Å². The van der Waals surface area contributed by atoms with Crippen molar-refractivity contribution < 1.29 is 42.8 Å². The van der Waals surface area contributed by atoms with Crippen molar-refractivity contribution in [2.24, 2.45) is 0 Å². The topological polar surface area (TPSA) is 117 Å². The van der Waals surface area contributed by atoms with E-state index in [-0.39, 0.29) is 47.1 Å². The van der Waals surface area contributed by atoms with Crippen LogP contribution in [0.4, 0.5) is 0 Å². The van der Waals surface area contributed by atoms with Crippen LogP contribution in [0.2, 0.25) is 0 Å². The maximum atomic E-state index is 13.8. The van der Waals surface area contributed by atoms with Crippen LogP contribution in [-0.4, -0.2) is 70.9 Å². The summed E-state index contributed by atoms with van der Waals surface area (Å²) in [6.07, 6.45) is 0. The molecule has 1 aromatic heterocycles. The summed E-state index contributed by atoms with van der Waals surface area (Å²) < 4.78 is 31.9. The monoisotopic (exact) mass is 473 g/mol. The van der Waals surface area contributed by atoms with Crippen LogP contribution in [0.1, 0.15) is 21.7 Å². The third-order valence-electron chi connectivity index (χ3n) is 5.28. The Morgan fingerprint density at radius 1 is 0.941 bits per heavy atom. The van der Waals surface area contributed by atoms with Crippen LogP contribution in [0.3, 0.4) is 0 Å². The van der Waals surface area contributed by atoms with Gasteiger partial charge in [-0.15, -0.1) is 0 Å². The number of fused-ring (bicyclic) bond motifs is 1. The molecule has 0 saturated carbocycles. The maximum Gasteiger partial charge on any atom is 0.319 e. The quantitative estimate of drug-likeness (QED) is 0.348. The van der Waals surface area contributed by atoms with Crippen LogP contribution in [0.15, 0.2) is 28.7 Å². The maximum absolute atomic E-state index is 13.8. The number of methoxy groups -OCH3 is 5. The number of carbonyl (C=O) groups is 2. The molecule has 0 spiro atoms. The van der Waals surface area contributed by atoms with Crippen molar-refractivity contribution in [3.8, 4) is 28.7 Å². The Labute approximate surface area is 196 Å². The number of aromatic hydroxyl groups is 1. The van der Waals surface area contributed by atoms with Crippen LogP contribution in [0.25, 0.3) is 11.0 Å². The number of likely N-dealkylation sites (N-methyl/N-ethyl adjacent to an activating group) is 1. The van der Waals surface area contributed by atoms with Crippen LogP contribution in [0, 0.1) is 0 Å². The normalized spacial score (nSPS) is 10.9. The molecule has 0 aliphatic heterocycles. The number of esters is 1. The molecule has 0 atom stereocenters. The predicted molar refractivity (Wildman–Crippen MR) is 122 cm³/mol. The molecular weight excluding hydrogens is 446 g/mol. The molecule has 0 bridgehead atoms. The standard InChI is InChI=1S/C24H27NO9/c1-25(12-19(26)32-5)11-18-20(14-7-8-15(29-2)22(28)23(14)34-18)21(27)13-9-16(30-3)24(33-6)17(10-13)31-4/h7-10,28H,11-12H2,1-6H3. The Bertz CT molecular complexity index is 1190. The second-order valence-electron chi connectivity index (χ2n) is 7.38. The lowest BCUT2D eigenvalue weighted by atomic mass is 9.98. The van der Waals surface area contributed by atoms with Crippen LogP contribution in [0.5, 0.6) is 28.7 Å². The highest BCUT2D eigenvalue weighted by atomic mass is 16.5. The third-order valence-corrected chi connectivity index (χ3v) is 5.28. The van der Waals surface area contributed by atoms with Gasteiger partial charge in [0.15, 0.2) is 28.6 Å². The molecule has 0 aliphatic rings. The average Bonchev–Trinajstić information content (AvgIpc) is 3.20. The van der Waals surface area contributed by atoms with Crippen molar-refractivity contribution in [3.05, 3.63) is 41.2 Å². The van der Waals surface area contributed by atoms with Crippen molar-refractivity contribution in [2.75, 3.05) is 49.1 Å². The van der Waals surface area contributed by atoms with Crippen molar-refractivity contribution >= 4 is 22.7 Å². The van der Waals surface area contributed by atoms with Gasteiger partial charge in [0.25, 0.3) is 0 Å². The van der Waals surface area contributed by atoms with E-state index in [1.54, 1.807) is 24.1 Å². The van der Waals surface area contributed by atoms with Gasteiger partial charge in [-0.25, -0.2) is 0 Å². The molecule has 3 aromatic rings. The van der Waals surface area contributed by atoms with E-state index in [1.807, 2.05) is 0 Å². The summed E-state index contributed by atoms with van der Waals surface area (Å²) in [5.41, 5.74) is 0.569. The molecule has 34 heavy (non-hydrogen) atoms. The molecule has 1 heterocycles. The summed E-state index contributed by atoms with van der Waals surface area (Å²) in [6.45, 7) is 0.0672. The molecule has 10 nitrogen and oxygen atoms in total. The van der Waals surface area contributed by atoms with Crippen LogP contribution < -0.4 is 18.9 Å². The predicted octanol–water partition coefficient (Wildman–Crippen LogP) is 3.01. The Morgan fingerprint density at radius 2 is 1.56 bits per heavy atom. The van der Waals surface area contributed by atoms with Gasteiger partial charge in [0, 0.05) is 10.9 Å². The lowest BCUT2D eigenvalue weighted by molar-refractivity contribution is -0.141. The van der Waals surface area contributed by atoms with Crippen molar-refractivity contribution in [1.29, 1.82) is 0 Å². The zero-order valence-electron chi connectivity index (χ0n) is 19.9. The lowest BCUT2D eigenvalue weighted by Gasteiger charge is -2.15. The SMILES string of the molecule is COC(=O)CN(C)Cc1oc2c(O)c(OC)ccc2c1C(=O)c1cc(OC)c(OC)c(OC)c1. The van der Waals surface area contributed by atoms with E-state index in [0.717, 1.165) is 0 Å². The Kier molecular flexibility index (Phi) is 7.52. The lowest BCUT2D eigenvalue weighted by Crippen LogP contribution is -2.26. The zero-order valence-corrected chi connectivity index (χ0v) is 19.9. The summed E-state index contributed by atoms with van der Waals surface area (Å²) >= 11 is 0. The molecule has 0 unspecified atom stereocenters. The highest BCUT2D eigenvalue weighted by Gasteiger charge is 2.28. The zero-order chi connectivity index (χ0) is 25.0. The molecule has 0 aliphatic carbocycles. The molecule has 0 amide bonds. The van der Waals surface area contributed by atoms with E-state index in [0.29, 0.717) is 22.6 Å². The van der Waals surface area contributed by atoms with Crippen molar-refractivity contribution in [2.45, 2.75) is 6.54 Å². The molecule has 0 fully saturated rings. The van der Waals surface area contributed by atoms with Gasteiger partial charge in [-0.3, -0.25) is 14.5 Å². The minimum Gasteiger partial charge on any atom is -0.502 e. The summed E-state index contributed by atoms with van der Waals surface area (Å²) in [5.74, 6) is 0.342. The van der Waals surface area contributed by atoms with Crippen molar-refractivity contribution in [1.82, 2.24) is 4.90 Å². The molecular formula is C24H27NO9. The molecule has 2 aromatic carbocycles. The van der Waals surface area contributed by atoms with E-state index in [4.69, 9.17) is 28.1 Å². The minimum absolute atomic E-state index is 0.0271. The van der Waals surface area contributed by atoms with Gasteiger partial charge in [0.1, 0.15) is 5.76 Å². The second kappa shape index (κ2) is 10.3. The summed E-state index contributed by atoms with van der Waals surface area (Å²) in [7, 11) is 8.76. The number of rotatable bonds is 10. The molecule has 0 saturated heterocycles. The molecule has 10 heteroatoms. The van der Waals surface area contributed by atoms with Gasteiger partial charge in [-0.1, -0.05) is 0 Å². The number of hydrogen-bond acceptors (Lipinski definition) is 10. The van der Waals surface area contributed by atoms with E-state index in [9.17, 15) is 14.7 Å². The summed E-state index contributed by atoms with van der Waals surface area (Å²) in [4.78, 5) is 27.1. The molecule has 1 N–H and O–H groups in total. The molecule has 182 valence electrons. The number of ether oxygens (including phenoxy) is 5. The fourth-order valence-electron chi connectivity index (χ4n) is 3.65. The van der Waals surface area contributed by atoms with E-state index in [1.165, 1.54) is 47.7 Å². The molecule has 0 radical (unpaired) electrons. The Hall–Kier alpha value is -3.92. The fraction of sp³-hybridized carbons (Fsp3) is 0.333. The second-order valence-corrected chi connectivity index (χ2v) is 7.38. The van der Waals surface area contributed by atoms with Gasteiger partial charge in [-0.05, 0) is 31.3 Å². The first-order valence-corrected chi connectivity index (χ1v) is 10.2. The number of benzene rings is 2. The van der Waals surface area contributed by atoms with Crippen LogP contribution in [-0.2, 0) is 16.1 Å². The van der Waals surface area contributed by atoms with Gasteiger partial charge in [0.2, 0.25) is 11.5 Å². The number of nitrogens with zero attached hydrogens (tertiary/aromatic N) is 1. The number of ketones is 1. The first kappa shape index (κ1) is 24.7. The Balaban J connectivity index is 2.19. The molecule has 3 rings (SSSR count). The largest absolute Gasteiger partial charge is 0.502 e. The smallest absolute Gasteiger partial charge is 0.319 e. The van der Waals surface area contributed by atoms with Gasteiger partial charge >= 0.3 is 5.97 Å². The highest BCUT2D eigenvalue weighted by molar-refractivity contribution is 6.18. The number of carbonyl (C=O) groups excluding carboxylic acids is 2. The minimum atomic E-state index is -0.444. The number of furan rings is 1. The first-order chi connectivity index (χ1) is 16.3. The summed E-state index contributed by atoms with van der Waals surface area (Å²) in [5, 5.41) is 11.0. The third kappa shape index (κ3) is 4.58. The Morgan fingerprint density at radius 3 is 2.09 bits per heavy atom. The van der Waals surface area contributed by atoms with E-state index < -0.39 is 11.8 Å². The van der Waals surface area contributed by atoms with Crippen molar-refractivity contribution in [3.63, 3.8) is 0 Å². The van der Waals surface area contributed by atoms with Crippen LogP contribution >= 0.6 is 0 Å². The highest BCUT2D eigenvalue weighted by Crippen LogP contribution is 2.42. The first-order valence-electron chi connectivity index (χ1n) is 10.2. The van der Waals surface area contributed by atoms with Gasteiger partial charge in [0.05, 0.1) is 54.2 Å². The fourth-order valence-corrected chi connectivity index (χ4v) is 3.65. The number of phenols is 1. The summed E-state index contributed by atoms with van der Waals surface area (Å²) in [6, 6.07) is 6.25.